The first kappa shape index (κ1) is 15.6. The van der Waals surface area contributed by atoms with Crippen LogP contribution in [0.1, 0.15) is 25.3 Å². The molecular formula is C17H25N3O. The number of hydrogen-bond acceptors (Lipinski definition) is 2. The van der Waals surface area contributed by atoms with E-state index in [4.69, 9.17) is 0 Å². The molecule has 0 saturated carbocycles. The summed E-state index contributed by atoms with van der Waals surface area (Å²) in [6.45, 7) is 3.80. The summed E-state index contributed by atoms with van der Waals surface area (Å²) in [5.74, 6) is 0.616. The minimum absolute atomic E-state index is 0.151. The van der Waals surface area contributed by atoms with Gasteiger partial charge in [-0.1, -0.05) is 25.1 Å². The summed E-state index contributed by atoms with van der Waals surface area (Å²) in [7, 11) is 1.93. The van der Waals surface area contributed by atoms with E-state index in [1.807, 2.05) is 13.1 Å². The Kier molecular flexibility index (Phi) is 5.81. The van der Waals surface area contributed by atoms with E-state index >= 15 is 0 Å². The van der Waals surface area contributed by atoms with Gasteiger partial charge in [0, 0.05) is 30.1 Å². The molecule has 0 aliphatic heterocycles. The summed E-state index contributed by atoms with van der Waals surface area (Å²) in [5.41, 5.74) is 2.46. The minimum atomic E-state index is 0.151. The van der Waals surface area contributed by atoms with Crippen molar-refractivity contribution in [3.63, 3.8) is 0 Å². The first-order valence-corrected chi connectivity index (χ1v) is 7.67. The number of carbonyl (C=O) groups is 1. The number of rotatable bonds is 8. The van der Waals surface area contributed by atoms with Crippen molar-refractivity contribution in [2.45, 2.75) is 26.2 Å². The van der Waals surface area contributed by atoms with Crippen LogP contribution in [-0.2, 0) is 11.2 Å². The van der Waals surface area contributed by atoms with Gasteiger partial charge >= 0.3 is 0 Å². The Labute approximate surface area is 126 Å². The number of carbonyl (C=O) groups excluding carboxylic acids is 1. The zero-order valence-corrected chi connectivity index (χ0v) is 12.9. The molecule has 1 heterocycles. The fourth-order valence-corrected chi connectivity index (χ4v) is 2.57. The van der Waals surface area contributed by atoms with Crippen LogP contribution in [0.4, 0.5) is 0 Å². The van der Waals surface area contributed by atoms with Crippen LogP contribution in [0.2, 0.25) is 0 Å². The fourth-order valence-electron chi connectivity index (χ4n) is 2.57. The maximum atomic E-state index is 11.8. The topological polar surface area (TPSA) is 56.9 Å². The zero-order chi connectivity index (χ0) is 15.1. The molecule has 0 saturated heterocycles. The van der Waals surface area contributed by atoms with E-state index in [1.54, 1.807) is 0 Å². The molecule has 0 radical (unpaired) electrons. The van der Waals surface area contributed by atoms with Gasteiger partial charge in [-0.2, -0.15) is 0 Å². The molecule has 21 heavy (non-hydrogen) atoms. The molecular weight excluding hydrogens is 262 g/mol. The average molecular weight is 287 g/mol. The highest BCUT2D eigenvalue weighted by molar-refractivity contribution is 5.83. The van der Waals surface area contributed by atoms with Crippen LogP contribution in [0.15, 0.2) is 30.5 Å². The molecule has 0 fully saturated rings. The second-order valence-electron chi connectivity index (χ2n) is 5.68. The van der Waals surface area contributed by atoms with Crippen molar-refractivity contribution in [2.75, 3.05) is 20.1 Å². The third kappa shape index (κ3) is 4.60. The van der Waals surface area contributed by atoms with E-state index in [9.17, 15) is 4.79 Å². The van der Waals surface area contributed by atoms with E-state index in [0.29, 0.717) is 12.3 Å². The SMILES string of the molecule is CNCC(C)CNC(=O)CCCc1c[nH]c2ccccc12. The van der Waals surface area contributed by atoms with Crippen molar-refractivity contribution >= 4 is 16.8 Å². The van der Waals surface area contributed by atoms with Gasteiger partial charge in [-0.25, -0.2) is 0 Å². The molecule has 4 nitrogen and oxygen atoms in total. The number of para-hydroxylation sites is 1. The summed E-state index contributed by atoms with van der Waals surface area (Å²) in [5, 5.41) is 7.38. The van der Waals surface area contributed by atoms with Crippen LogP contribution < -0.4 is 10.6 Å². The first-order valence-electron chi connectivity index (χ1n) is 7.67. The number of hydrogen-bond donors (Lipinski definition) is 3. The number of nitrogens with one attached hydrogen (secondary N) is 3. The highest BCUT2D eigenvalue weighted by Gasteiger charge is 2.07. The minimum Gasteiger partial charge on any atom is -0.361 e. The van der Waals surface area contributed by atoms with E-state index in [2.05, 4.69) is 46.9 Å². The van der Waals surface area contributed by atoms with Crippen LogP contribution in [0.25, 0.3) is 10.9 Å². The monoisotopic (exact) mass is 287 g/mol. The van der Waals surface area contributed by atoms with Crippen molar-refractivity contribution < 1.29 is 4.79 Å². The van der Waals surface area contributed by atoms with Crippen LogP contribution >= 0.6 is 0 Å². The van der Waals surface area contributed by atoms with Gasteiger partial charge in [0.05, 0.1) is 0 Å². The van der Waals surface area contributed by atoms with E-state index in [1.165, 1.54) is 10.9 Å². The molecule has 0 spiro atoms. The smallest absolute Gasteiger partial charge is 0.220 e. The third-order valence-electron chi connectivity index (χ3n) is 3.73. The number of aromatic nitrogens is 1. The van der Waals surface area contributed by atoms with E-state index in [0.717, 1.165) is 31.4 Å². The van der Waals surface area contributed by atoms with E-state index < -0.39 is 0 Å². The van der Waals surface area contributed by atoms with Crippen molar-refractivity contribution in [1.29, 1.82) is 0 Å². The molecule has 2 aromatic rings. The Morgan fingerprint density at radius 2 is 2.10 bits per heavy atom. The van der Waals surface area contributed by atoms with Crippen LogP contribution in [-0.4, -0.2) is 31.0 Å². The predicted molar refractivity (Wildman–Crippen MR) is 87.3 cm³/mol. The Morgan fingerprint density at radius 1 is 1.29 bits per heavy atom. The Balaban J connectivity index is 1.73. The second-order valence-corrected chi connectivity index (χ2v) is 5.68. The molecule has 114 valence electrons. The standard InChI is InChI=1S/C17H25N3O/c1-13(10-18-2)11-20-17(21)9-5-6-14-12-19-16-8-4-3-7-15(14)16/h3-4,7-8,12-13,18-19H,5-6,9-11H2,1-2H3,(H,20,21). The molecule has 0 bridgehead atoms. The molecule has 1 atom stereocenters. The Hall–Kier alpha value is -1.81. The van der Waals surface area contributed by atoms with Crippen LogP contribution in [0, 0.1) is 5.92 Å². The second kappa shape index (κ2) is 7.84. The number of aromatic amines is 1. The quantitative estimate of drug-likeness (QED) is 0.698. The van der Waals surface area contributed by atoms with E-state index in [-0.39, 0.29) is 5.91 Å². The van der Waals surface area contributed by atoms with Crippen LogP contribution in [0.3, 0.4) is 0 Å². The summed E-state index contributed by atoms with van der Waals surface area (Å²) < 4.78 is 0. The van der Waals surface area contributed by atoms with Crippen molar-refractivity contribution in [2.24, 2.45) is 5.92 Å². The highest BCUT2D eigenvalue weighted by Crippen LogP contribution is 2.19. The lowest BCUT2D eigenvalue weighted by Crippen LogP contribution is -2.32. The maximum Gasteiger partial charge on any atom is 0.220 e. The molecule has 3 N–H and O–H groups in total. The maximum absolute atomic E-state index is 11.8. The predicted octanol–water partition coefficient (Wildman–Crippen LogP) is 2.46. The molecule has 1 aromatic carbocycles. The van der Waals surface area contributed by atoms with Crippen molar-refractivity contribution in [1.82, 2.24) is 15.6 Å². The molecule has 0 aliphatic carbocycles. The average Bonchev–Trinajstić information content (AvgIpc) is 2.89. The largest absolute Gasteiger partial charge is 0.361 e. The molecule has 1 aromatic heterocycles. The van der Waals surface area contributed by atoms with Crippen LogP contribution in [0.5, 0.6) is 0 Å². The van der Waals surface area contributed by atoms with Gasteiger partial charge in [-0.15, -0.1) is 0 Å². The van der Waals surface area contributed by atoms with Gasteiger partial charge in [-0.3, -0.25) is 4.79 Å². The van der Waals surface area contributed by atoms with Crippen molar-refractivity contribution in [3.05, 3.63) is 36.0 Å². The van der Waals surface area contributed by atoms with Gasteiger partial charge in [0.1, 0.15) is 0 Å². The molecule has 0 aliphatic rings. The number of benzene rings is 1. The molecule has 2 rings (SSSR count). The highest BCUT2D eigenvalue weighted by atomic mass is 16.1. The van der Waals surface area contributed by atoms with Gasteiger partial charge < -0.3 is 15.6 Å². The fraction of sp³-hybridized carbons (Fsp3) is 0.471. The van der Waals surface area contributed by atoms with Gasteiger partial charge in [-0.05, 0) is 44.0 Å². The zero-order valence-electron chi connectivity index (χ0n) is 12.9. The lowest BCUT2D eigenvalue weighted by atomic mass is 10.1. The summed E-state index contributed by atoms with van der Waals surface area (Å²) in [6.07, 6.45) is 4.46. The lowest BCUT2D eigenvalue weighted by Gasteiger charge is -2.11. The first-order chi connectivity index (χ1) is 10.2. The number of fused-ring (bicyclic) bond motifs is 1. The number of aryl methyl sites for hydroxylation is 1. The molecule has 4 heteroatoms. The summed E-state index contributed by atoms with van der Waals surface area (Å²) in [6, 6.07) is 8.29. The molecule has 1 unspecified atom stereocenters. The third-order valence-corrected chi connectivity index (χ3v) is 3.73. The van der Waals surface area contributed by atoms with Gasteiger partial charge in [0.15, 0.2) is 0 Å². The summed E-state index contributed by atoms with van der Waals surface area (Å²) in [4.78, 5) is 15.1. The Morgan fingerprint density at radius 3 is 2.90 bits per heavy atom. The molecule has 1 amide bonds. The normalized spacial score (nSPS) is 12.5. The lowest BCUT2D eigenvalue weighted by molar-refractivity contribution is -0.121. The number of amides is 1. The van der Waals surface area contributed by atoms with Gasteiger partial charge in [0.25, 0.3) is 0 Å². The number of H-pyrrole nitrogens is 1. The van der Waals surface area contributed by atoms with Gasteiger partial charge in [0.2, 0.25) is 5.91 Å². The van der Waals surface area contributed by atoms with Crippen molar-refractivity contribution in [3.8, 4) is 0 Å². The Bertz CT molecular complexity index is 576. The summed E-state index contributed by atoms with van der Waals surface area (Å²) >= 11 is 0.